The number of rotatable bonds is 14. The van der Waals surface area contributed by atoms with Crippen molar-refractivity contribution in [2.75, 3.05) is 54.4 Å². The third kappa shape index (κ3) is 13.2. The van der Waals surface area contributed by atoms with E-state index in [1.807, 2.05) is 0 Å². The van der Waals surface area contributed by atoms with Crippen LogP contribution in [0.4, 0.5) is 0 Å². The molecule has 0 aromatic heterocycles. The van der Waals surface area contributed by atoms with Gasteiger partial charge in [-0.25, -0.2) is 9.80 Å². The molecule has 0 aliphatic carbocycles. The lowest BCUT2D eigenvalue weighted by molar-refractivity contribution is -0.779. The third-order valence-electron chi connectivity index (χ3n) is 7.95. The molecule has 0 radical (unpaired) electrons. The van der Waals surface area contributed by atoms with E-state index in [4.69, 9.17) is 0 Å². The van der Waals surface area contributed by atoms with Gasteiger partial charge in [0, 0.05) is 11.1 Å². The van der Waals surface area contributed by atoms with Crippen molar-refractivity contribution >= 4 is 23.6 Å². The summed E-state index contributed by atoms with van der Waals surface area (Å²) in [5.41, 5.74) is -0.727. The van der Waals surface area contributed by atoms with E-state index in [9.17, 15) is 19.8 Å². The monoisotopic (exact) mass is 560 g/mol. The first-order valence-corrected chi connectivity index (χ1v) is 15.4. The van der Waals surface area contributed by atoms with Gasteiger partial charge in [-0.05, 0) is 12.8 Å². The van der Waals surface area contributed by atoms with Crippen LogP contribution >= 0.6 is 0 Å². The van der Waals surface area contributed by atoms with Crippen molar-refractivity contribution in [3.8, 4) is 0 Å². The van der Waals surface area contributed by atoms with Crippen molar-refractivity contribution in [2.45, 2.75) is 90.9 Å². The van der Waals surface area contributed by atoms with E-state index in [0.717, 1.165) is 12.1 Å². The minimum absolute atomic E-state index is 0.363. The molecular formula is C32H56N4O4+2. The second kappa shape index (κ2) is 20.3. The molecule has 8 nitrogen and oxygen atoms in total. The molecule has 0 saturated carbocycles. The summed E-state index contributed by atoms with van der Waals surface area (Å²) in [6.45, 7) is 9.63. The van der Waals surface area contributed by atoms with Crippen LogP contribution in [0, 0.1) is 0 Å². The number of unbranched alkanes of at least 4 members (excludes halogenated alkanes) is 8. The van der Waals surface area contributed by atoms with Crippen LogP contribution < -0.4 is 20.0 Å². The van der Waals surface area contributed by atoms with Crippen molar-refractivity contribution < 1.29 is 38.8 Å². The number of likely N-dealkylation sites (N-methyl/N-ethyl adjacent to an activating group) is 4. The van der Waals surface area contributed by atoms with Crippen LogP contribution in [0.15, 0.2) is 24.3 Å². The molecular weight excluding hydrogens is 504 g/mol. The van der Waals surface area contributed by atoms with Gasteiger partial charge in [0.15, 0.2) is 13.1 Å². The number of carbonyl (C=O) groups is 2. The summed E-state index contributed by atoms with van der Waals surface area (Å²) in [5.74, 6) is 0.215. The highest BCUT2D eigenvalue weighted by Crippen LogP contribution is 2.07. The highest BCUT2D eigenvalue weighted by molar-refractivity contribution is 5.99. The first-order chi connectivity index (χ1) is 19.1. The number of hydrogen-bond acceptors (Lipinski definition) is 4. The zero-order valence-corrected chi connectivity index (χ0v) is 26.2. The third-order valence-corrected chi connectivity index (χ3v) is 7.95. The lowest BCUT2D eigenvalue weighted by Gasteiger charge is -2.09. The van der Waals surface area contributed by atoms with Gasteiger partial charge < -0.3 is 19.8 Å². The molecule has 2 N–H and O–H groups in total. The van der Waals surface area contributed by atoms with Crippen molar-refractivity contribution in [2.24, 2.45) is 0 Å². The number of carboxylic acids is 2. The molecule has 0 bridgehead atoms. The van der Waals surface area contributed by atoms with Gasteiger partial charge in [0.05, 0.1) is 38.9 Å². The maximum Gasteiger partial charge on any atom is 0.336 e. The van der Waals surface area contributed by atoms with Crippen molar-refractivity contribution in [3.05, 3.63) is 35.4 Å². The number of carbonyl (C=O) groups excluding carboxylic acids is 2. The van der Waals surface area contributed by atoms with Gasteiger partial charge in [0.1, 0.15) is 27.2 Å². The first-order valence-electron chi connectivity index (χ1n) is 15.4. The molecule has 40 heavy (non-hydrogen) atoms. The molecule has 8 heteroatoms. The summed E-state index contributed by atoms with van der Waals surface area (Å²) in [5, 5.41) is 20.6. The molecule has 0 fully saturated rings. The lowest BCUT2D eigenvalue weighted by Crippen LogP contribution is -3.10. The Balaban J connectivity index is 0.000000301. The zero-order valence-electron chi connectivity index (χ0n) is 26.2. The molecule has 1 aromatic rings. The Morgan fingerprint density at radius 2 is 1.02 bits per heavy atom. The Bertz CT molecular complexity index is 896. The van der Waals surface area contributed by atoms with Gasteiger partial charge in [-0.2, -0.15) is 9.15 Å². The van der Waals surface area contributed by atoms with Crippen LogP contribution in [0.3, 0.4) is 0 Å². The van der Waals surface area contributed by atoms with Crippen molar-refractivity contribution in [3.63, 3.8) is 0 Å². The fourth-order valence-corrected chi connectivity index (χ4v) is 5.32. The summed E-state index contributed by atoms with van der Waals surface area (Å²) in [4.78, 5) is 23.9. The maximum atomic E-state index is 10.3. The van der Waals surface area contributed by atoms with Gasteiger partial charge in [-0.3, -0.25) is 0 Å². The lowest BCUT2D eigenvalue weighted by atomic mass is 10.1. The summed E-state index contributed by atoms with van der Waals surface area (Å²) < 4.78 is 4.88. The molecule has 2 aliphatic heterocycles. The Kier molecular flexibility index (Phi) is 18.0. The summed E-state index contributed by atoms with van der Waals surface area (Å²) >= 11 is 0. The quantitative estimate of drug-likeness (QED) is 0.252. The summed E-state index contributed by atoms with van der Waals surface area (Å²) in [6.07, 6.45) is 16.6. The predicted molar refractivity (Wildman–Crippen MR) is 157 cm³/mol. The Morgan fingerprint density at radius 1 is 0.675 bits per heavy atom. The number of amidine groups is 2. The van der Waals surface area contributed by atoms with Crippen LogP contribution in [0.2, 0.25) is 0 Å². The number of hydrogen-bond donors (Lipinski definition) is 2. The van der Waals surface area contributed by atoms with Gasteiger partial charge in [-0.15, -0.1) is 0 Å². The number of nitrogens with zero attached hydrogens (tertiary/aromatic N) is 2. The number of benzene rings is 1. The van der Waals surface area contributed by atoms with Crippen molar-refractivity contribution in [1.29, 1.82) is 0 Å². The second-order valence-corrected chi connectivity index (χ2v) is 11.2. The molecule has 0 amide bonds. The minimum atomic E-state index is -1.52. The SMILES string of the molecule is CCCCCCCC1=[N+](C)CC[NH+]1C.CCCCCCCC1=[N+](C)CC[NH+]1C.O=C([O-])c1ccccc1C(=O)[O-]. The average molecular weight is 561 g/mol. The molecule has 2 aliphatic rings. The summed E-state index contributed by atoms with van der Waals surface area (Å²) in [7, 11) is 9.06. The molecule has 0 saturated heterocycles. The van der Waals surface area contributed by atoms with E-state index in [1.54, 1.807) is 21.5 Å². The molecule has 2 unspecified atom stereocenters. The fourth-order valence-electron chi connectivity index (χ4n) is 5.32. The van der Waals surface area contributed by atoms with Crippen LogP contribution in [-0.2, 0) is 0 Å². The first kappa shape index (κ1) is 35.4. The fraction of sp³-hybridized carbons (Fsp3) is 0.688. The van der Waals surface area contributed by atoms with Crippen LogP contribution in [0.5, 0.6) is 0 Å². The van der Waals surface area contributed by atoms with E-state index < -0.39 is 11.9 Å². The topological polar surface area (TPSA) is 95.2 Å². The largest absolute Gasteiger partial charge is 0.545 e. The van der Waals surface area contributed by atoms with E-state index in [2.05, 4.69) is 51.2 Å². The van der Waals surface area contributed by atoms with Gasteiger partial charge in [0.25, 0.3) is 0 Å². The number of quaternary nitrogens is 2. The second-order valence-electron chi connectivity index (χ2n) is 11.2. The Labute approximate surface area is 243 Å². The van der Waals surface area contributed by atoms with Gasteiger partial charge in [0.2, 0.25) is 0 Å². The van der Waals surface area contributed by atoms with Crippen molar-refractivity contribution in [1.82, 2.24) is 0 Å². The zero-order chi connectivity index (χ0) is 29.9. The molecule has 3 rings (SSSR count). The average Bonchev–Trinajstić information content (AvgIpc) is 3.43. The van der Waals surface area contributed by atoms with E-state index in [0.29, 0.717) is 0 Å². The predicted octanol–water partition coefficient (Wildman–Crippen LogP) is 0.246. The van der Waals surface area contributed by atoms with E-state index in [-0.39, 0.29) is 11.1 Å². The minimum Gasteiger partial charge on any atom is -0.545 e. The molecule has 0 spiro atoms. The highest BCUT2D eigenvalue weighted by atomic mass is 16.4. The Morgan fingerprint density at radius 3 is 1.30 bits per heavy atom. The van der Waals surface area contributed by atoms with Crippen LogP contribution in [0.25, 0.3) is 0 Å². The summed E-state index contributed by atoms with van der Waals surface area (Å²) in [6, 6.07) is 5.14. The molecule has 226 valence electrons. The van der Waals surface area contributed by atoms with E-state index >= 15 is 0 Å². The van der Waals surface area contributed by atoms with Gasteiger partial charge >= 0.3 is 11.7 Å². The molecule has 2 atom stereocenters. The van der Waals surface area contributed by atoms with Crippen LogP contribution in [-0.4, -0.2) is 87.1 Å². The number of aromatic carboxylic acids is 2. The number of nitrogens with one attached hydrogen (secondary N) is 2. The molecule has 1 aromatic carbocycles. The van der Waals surface area contributed by atoms with Gasteiger partial charge in [-0.1, -0.05) is 89.5 Å². The Hall–Kier alpha value is -2.58. The highest BCUT2D eigenvalue weighted by Gasteiger charge is 2.29. The smallest absolute Gasteiger partial charge is 0.336 e. The van der Waals surface area contributed by atoms with Crippen LogP contribution in [0.1, 0.15) is 112 Å². The molecule has 2 heterocycles. The van der Waals surface area contributed by atoms with E-state index in [1.165, 1.54) is 115 Å². The number of carboxylic acid groups (broad SMARTS) is 2. The normalized spacial score (nSPS) is 18.2. The maximum absolute atomic E-state index is 10.3. The standard InChI is InChI=1S/2C12H25N2.C8H6O4/c2*1-4-5-6-7-8-9-12-13(2)10-11-14(12)3;9-7(10)5-3-1-2-4-6(5)8(11)12/h2*4-11H2,1-3H3;1-4H,(H,9,10)(H,11,12)/q2*+1;.